The molecule has 0 saturated carbocycles. The van der Waals surface area contributed by atoms with E-state index in [-0.39, 0.29) is 17.8 Å². The first-order valence-electron chi connectivity index (χ1n) is 7.37. The van der Waals surface area contributed by atoms with Crippen molar-refractivity contribution in [3.8, 4) is 0 Å². The Hall–Kier alpha value is -2.77. The van der Waals surface area contributed by atoms with E-state index in [9.17, 15) is 4.79 Å². The van der Waals surface area contributed by atoms with Crippen LogP contribution in [0.15, 0.2) is 12.3 Å². The molecule has 0 bridgehead atoms. The van der Waals surface area contributed by atoms with E-state index in [1.165, 1.54) is 0 Å². The predicted octanol–water partition coefficient (Wildman–Crippen LogP) is 1.61. The monoisotopic (exact) mass is 313 g/mol. The molecule has 0 aliphatic rings. The van der Waals surface area contributed by atoms with Gasteiger partial charge in [0.05, 0.1) is 11.7 Å². The largest absolute Gasteiger partial charge is 0.332 e. The van der Waals surface area contributed by atoms with Crippen LogP contribution < -0.4 is 0 Å². The zero-order valence-electron chi connectivity index (χ0n) is 13.8. The normalized spacial score (nSPS) is 12.6. The van der Waals surface area contributed by atoms with E-state index in [1.807, 2.05) is 33.8 Å². The molecule has 1 N–H and O–H groups in total. The van der Waals surface area contributed by atoms with Crippen LogP contribution in [0.5, 0.6) is 0 Å². The van der Waals surface area contributed by atoms with Crippen molar-refractivity contribution in [2.75, 3.05) is 7.05 Å². The summed E-state index contributed by atoms with van der Waals surface area (Å²) in [6.07, 6.45) is 1.76. The SMILES string of the molecule is Cc1ccn2c(C(=O)N(C)[C@@H](C)c3c(C)n[nH]c3C)nnc2n1. The highest BCUT2D eigenvalue weighted by Crippen LogP contribution is 2.25. The molecule has 8 nitrogen and oxygen atoms in total. The summed E-state index contributed by atoms with van der Waals surface area (Å²) in [6, 6.07) is 1.69. The molecule has 3 rings (SSSR count). The molecule has 23 heavy (non-hydrogen) atoms. The highest BCUT2D eigenvalue weighted by molar-refractivity contribution is 5.91. The Kier molecular flexibility index (Phi) is 3.59. The van der Waals surface area contributed by atoms with Gasteiger partial charge in [0.15, 0.2) is 0 Å². The van der Waals surface area contributed by atoms with Crippen molar-refractivity contribution in [2.45, 2.75) is 33.7 Å². The van der Waals surface area contributed by atoms with Gasteiger partial charge in [0.1, 0.15) is 0 Å². The molecule has 3 heterocycles. The minimum Gasteiger partial charge on any atom is -0.332 e. The second kappa shape index (κ2) is 5.45. The number of hydrogen-bond donors (Lipinski definition) is 1. The van der Waals surface area contributed by atoms with Crippen molar-refractivity contribution in [2.24, 2.45) is 0 Å². The molecule has 0 radical (unpaired) electrons. The van der Waals surface area contributed by atoms with Crippen LogP contribution in [0.3, 0.4) is 0 Å². The number of carbonyl (C=O) groups is 1. The Morgan fingerprint density at radius 3 is 2.70 bits per heavy atom. The average Bonchev–Trinajstić information content (AvgIpc) is 3.08. The van der Waals surface area contributed by atoms with Crippen LogP contribution in [0.2, 0.25) is 0 Å². The summed E-state index contributed by atoms with van der Waals surface area (Å²) in [7, 11) is 1.75. The molecule has 0 aliphatic carbocycles. The second-order valence-electron chi connectivity index (χ2n) is 5.70. The van der Waals surface area contributed by atoms with E-state index in [0.29, 0.717) is 5.78 Å². The fourth-order valence-electron chi connectivity index (χ4n) is 2.72. The third-order valence-electron chi connectivity index (χ3n) is 4.11. The number of H-pyrrole nitrogens is 1. The van der Waals surface area contributed by atoms with Crippen LogP contribution in [-0.4, -0.2) is 47.6 Å². The quantitative estimate of drug-likeness (QED) is 0.793. The fourth-order valence-corrected chi connectivity index (χ4v) is 2.72. The van der Waals surface area contributed by atoms with Crippen molar-refractivity contribution in [1.82, 2.24) is 34.7 Å². The number of carbonyl (C=O) groups excluding carboxylic acids is 1. The van der Waals surface area contributed by atoms with Gasteiger partial charge in [-0.1, -0.05) is 0 Å². The molecule has 3 aromatic rings. The number of aromatic nitrogens is 6. The Labute approximate surface area is 133 Å². The first kappa shape index (κ1) is 15.1. The van der Waals surface area contributed by atoms with Crippen LogP contribution in [0.4, 0.5) is 0 Å². The van der Waals surface area contributed by atoms with Crippen LogP contribution in [0.25, 0.3) is 5.78 Å². The summed E-state index contributed by atoms with van der Waals surface area (Å²) < 4.78 is 1.60. The summed E-state index contributed by atoms with van der Waals surface area (Å²) in [5, 5.41) is 15.1. The van der Waals surface area contributed by atoms with Crippen molar-refractivity contribution in [1.29, 1.82) is 0 Å². The van der Waals surface area contributed by atoms with E-state index in [0.717, 1.165) is 22.6 Å². The Morgan fingerprint density at radius 2 is 2.04 bits per heavy atom. The minimum absolute atomic E-state index is 0.132. The molecule has 1 amide bonds. The lowest BCUT2D eigenvalue weighted by Gasteiger charge is -2.24. The van der Waals surface area contributed by atoms with Gasteiger partial charge in [-0.2, -0.15) is 5.10 Å². The number of amides is 1. The van der Waals surface area contributed by atoms with Crippen LogP contribution >= 0.6 is 0 Å². The van der Waals surface area contributed by atoms with E-state index >= 15 is 0 Å². The van der Waals surface area contributed by atoms with Gasteiger partial charge in [0, 0.05) is 30.2 Å². The van der Waals surface area contributed by atoms with E-state index < -0.39 is 0 Å². The van der Waals surface area contributed by atoms with Gasteiger partial charge in [-0.3, -0.25) is 14.3 Å². The average molecular weight is 313 g/mol. The topological polar surface area (TPSA) is 92.1 Å². The lowest BCUT2D eigenvalue weighted by Crippen LogP contribution is -2.31. The molecule has 0 saturated heterocycles. The standard InChI is InChI=1S/C15H19N7O/c1-8-6-7-22-13(19-20-15(22)16-8)14(23)21(5)11(4)12-9(2)17-18-10(12)3/h6-7,11H,1-5H3,(H,17,18)/t11-/m0/s1. The smallest absolute Gasteiger partial charge is 0.292 e. The van der Waals surface area contributed by atoms with E-state index in [1.54, 1.807) is 22.5 Å². The molecule has 0 fully saturated rings. The number of nitrogens with zero attached hydrogens (tertiary/aromatic N) is 6. The number of aryl methyl sites for hydroxylation is 3. The summed E-state index contributed by atoms with van der Waals surface area (Å²) in [5.74, 6) is 0.460. The zero-order chi connectivity index (χ0) is 16.7. The van der Waals surface area contributed by atoms with Crippen LogP contribution in [0.1, 0.15) is 46.2 Å². The molecule has 0 aromatic carbocycles. The summed E-state index contributed by atoms with van der Waals surface area (Å²) >= 11 is 0. The van der Waals surface area contributed by atoms with Gasteiger partial charge in [-0.15, -0.1) is 10.2 Å². The third-order valence-corrected chi connectivity index (χ3v) is 4.11. The maximum absolute atomic E-state index is 12.8. The fraction of sp³-hybridized carbons (Fsp3) is 0.400. The molecular weight excluding hydrogens is 294 g/mol. The predicted molar refractivity (Wildman–Crippen MR) is 84.1 cm³/mol. The molecule has 0 spiro atoms. The van der Waals surface area contributed by atoms with E-state index in [4.69, 9.17) is 0 Å². The first-order valence-corrected chi connectivity index (χ1v) is 7.37. The highest BCUT2D eigenvalue weighted by Gasteiger charge is 2.26. The summed E-state index contributed by atoms with van der Waals surface area (Å²) in [4.78, 5) is 18.7. The van der Waals surface area contributed by atoms with E-state index in [2.05, 4.69) is 25.4 Å². The number of aromatic amines is 1. The number of fused-ring (bicyclic) bond motifs is 1. The molecular formula is C15H19N7O. The van der Waals surface area contributed by atoms with Gasteiger partial charge in [-0.05, 0) is 33.8 Å². The Morgan fingerprint density at radius 1 is 1.30 bits per heavy atom. The van der Waals surface area contributed by atoms with Crippen LogP contribution in [-0.2, 0) is 0 Å². The maximum Gasteiger partial charge on any atom is 0.292 e. The number of nitrogens with one attached hydrogen (secondary N) is 1. The molecule has 0 unspecified atom stereocenters. The Bertz CT molecular complexity index is 860. The molecule has 1 atom stereocenters. The van der Waals surface area contributed by atoms with Gasteiger partial charge in [-0.25, -0.2) is 4.98 Å². The number of rotatable bonds is 3. The zero-order valence-corrected chi connectivity index (χ0v) is 13.8. The first-order chi connectivity index (χ1) is 10.9. The molecule has 3 aromatic heterocycles. The third kappa shape index (κ3) is 2.45. The summed E-state index contributed by atoms with van der Waals surface area (Å²) in [6.45, 7) is 7.71. The lowest BCUT2D eigenvalue weighted by molar-refractivity contribution is 0.0728. The van der Waals surface area contributed by atoms with Crippen molar-refractivity contribution in [3.63, 3.8) is 0 Å². The van der Waals surface area contributed by atoms with Crippen molar-refractivity contribution >= 4 is 11.7 Å². The van der Waals surface area contributed by atoms with Crippen molar-refractivity contribution in [3.05, 3.63) is 40.7 Å². The van der Waals surface area contributed by atoms with Gasteiger partial charge in [0.25, 0.3) is 11.7 Å². The van der Waals surface area contributed by atoms with Gasteiger partial charge < -0.3 is 4.90 Å². The Balaban J connectivity index is 1.95. The summed E-state index contributed by atoms with van der Waals surface area (Å²) in [5.41, 5.74) is 3.69. The highest BCUT2D eigenvalue weighted by atomic mass is 16.2. The van der Waals surface area contributed by atoms with Crippen LogP contribution in [0, 0.1) is 20.8 Å². The molecule has 0 aliphatic heterocycles. The van der Waals surface area contributed by atoms with Gasteiger partial charge in [0.2, 0.25) is 5.82 Å². The maximum atomic E-state index is 12.8. The second-order valence-corrected chi connectivity index (χ2v) is 5.70. The number of hydrogen-bond acceptors (Lipinski definition) is 5. The van der Waals surface area contributed by atoms with Gasteiger partial charge >= 0.3 is 0 Å². The molecule has 120 valence electrons. The molecule has 8 heteroatoms. The lowest BCUT2D eigenvalue weighted by atomic mass is 10.1. The minimum atomic E-state index is -0.212. The van der Waals surface area contributed by atoms with Crippen molar-refractivity contribution < 1.29 is 4.79 Å².